The van der Waals surface area contributed by atoms with Crippen LogP contribution in [-0.4, -0.2) is 61.2 Å². The van der Waals surface area contributed by atoms with Crippen LogP contribution in [-0.2, 0) is 11.8 Å². The van der Waals surface area contributed by atoms with E-state index in [1.807, 2.05) is 37.9 Å². The van der Waals surface area contributed by atoms with Gasteiger partial charge in [0.2, 0.25) is 0 Å². The van der Waals surface area contributed by atoms with E-state index in [9.17, 15) is 5.11 Å². The summed E-state index contributed by atoms with van der Waals surface area (Å²) in [5.74, 6) is 1.35. The second-order valence-corrected chi connectivity index (χ2v) is 6.81. The van der Waals surface area contributed by atoms with Gasteiger partial charge < -0.3 is 14.7 Å². The number of rotatable bonds is 4. The van der Waals surface area contributed by atoms with Gasteiger partial charge in [0.15, 0.2) is 11.5 Å². The molecular formula is C18H22N6O2. The van der Waals surface area contributed by atoms with E-state index in [1.54, 1.807) is 23.3 Å². The van der Waals surface area contributed by atoms with Crippen LogP contribution < -0.4 is 4.90 Å². The van der Waals surface area contributed by atoms with E-state index in [0.717, 1.165) is 22.4 Å². The average molecular weight is 354 g/mol. The number of β-amino-alcohol motifs (C(OH)–C–C–N with tert-alkyl or cyclic N) is 1. The Bertz CT molecular complexity index is 911. The van der Waals surface area contributed by atoms with Gasteiger partial charge in [0.25, 0.3) is 0 Å². The minimum atomic E-state index is -0.555. The number of ether oxygens (including phenoxy) is 1. The molecule has 0 unspecified atom stereocenters. The Labute approximate surface area is 151 Å². The monoisotopic (exact) mass is 354 g/mol. The molecule has 1 N–H and O–H groups in total. The molecule has 0 bridgehead atoms. The number of aliphatic hydroxyl groups excluding tert-OH is 1. The predicted octanol–water partition coefficient (Wildman–Crippen LogP) is 1.40. The third kappa shape index (κ3) is 3.02. The molecule has 8 nitrogen and oxygen atoms in total. The molecule has 0 amide bonds. The number of aryl methyl sites for hydroxylation is 1. The van der Waals surface area contributed by atoms with Crippen LogP contribution in [0.15, 0.2) is 30.7 Å². The van der Waals surface area contributed by atoms with Crippen LogP contribution in [0.2, 0.25) is 0 Å². The van der Waals surface area contributed by atoms with Crippen molar-refractivity contribution >= 4 is 16.9 Å². The second kappa shape index (κ2) is 6.62. The van der Waals surface area contributed by atoms with Gasteiger partial charge in [-0.25, -0.2) is 9.97 Å². The Morgan fingerprint density at radius 2 is 2.08 bits per heavy atom. The third-order valence-electron chi connectivity index (χ3n) is 4.48. The van der Waals surface area contributed by atoms with Crippen LogP contribution in [0.4, 0.5) is 5.82 Å². The van der Waals surface area contributed by atoms with Crippen molar-refractivity contribution in [3.8, 4) is 11.4 Å². The minimum absolute atomic E-state index is 0.0596. The zero-order valence-electron chi connectivity index (χ0n) is 15.1. The summed E-state index contributed by atoms with van der Waals surface area (Å²) >= 11 is 0. The first-order chi connectivity index (χ1) is 12.5. The van der Waals surface area contributed by atoms with Crippen molar-refractivity contribution in [1.29, 1.82) is 0 Å². The van der Waals surface area contributed by atoms with Crippen molar-refractivity contribution < 1.29 is 9.84 Å². The van der Waals surface area contributed by atoms with Crippen molar-refractivity contribution in [3.63, 3.8) is 0 Å². The lowest BCUT2D eigenvalue weighted by molar-refractivity contribution is -0.0386. The van der Waals surface area contributed by atoms with Gasteiger partial charge in [-0.1, -0.05) is 0 Å². The maximum atomic E-state index is 10.4. The van der Waals surface area contributed by atoms with E-state index in [2.05, 4.69) is 15.1 Å². The second-order valence-electron chi connectivity index (χ2n) is 6.81. The SMILES string of the molecule is CC(C)O[C@@H]1CN(c2nc(-c3cccnc3)nc3c2cnn3C)C[C@H]1O. The molecule has 0 saturated carbocycles. The fourth-order valence-electron chi connectivity index (χ4n) is 3.29. The lowest BCUT2D eigenvalue weighted by Crippen LogP contribution is -2.29. The van der Waals surface area contributed by atoms with Crippen molar-refractivity contribution in [2.24, 2.45) is 7.05 Å². The van der Waals surface area contributed by atoms with Gasteiger partial charge in [-0.15, -0.1) is 0 Å². The highest BCUT2D eigenvalue weighted by atomic mass is 16.5. The molecule has 0 spiro atoms. The molecule has 4 rings (SSSR count). The normalized spacial score (nSPS) is 20.4. The van der Waals surface area contributed by atoms with E-state index < -0.39 is 6.10 Å². The number of pyridine rings is 1. The van der Waals surface area contributed by atoms with Crippen LogP contribution in [0.1, 0.15) is 13.8 Å². The molecule has 1 saturated heterocycles. The summed E-state index contributed by atoms with van der Waals surface area (Å²) in [6.45, 7) is 4.98. The largest absolute Gasteiger partial charge is 0.388 e. The van der Waals surface area contributed by atoms with E-state index in [1.165, 1.54) is 0 Å². The van der Waals surface area contributed by atoms with Crippen molar-refractivity contribution in [1.82, 2.24) is 24.7 Å². The molecule has 2 atom stereocenters. The number of fused-ring (bicyclic) bond motifs is 1. The topological polar surface area (TPSA) is 89.2 Å². The maximum absolute atomic E-state index is 10.4. The van der Waals surface area contributed by atoms with E-state index in [0.29, 0.717) is 18.9 Å². The van der Waals surface area contributed by atoms with Crippen LogP contribution in [0.5, 0.6) is 0 Å². The Balaban J connectivity index is 1.77. The average Bonchev–Trinajstić information content (AvgIpc) is 3.18. The number of aliphatic hydroxyl groups is 1. The summed E-state index contributed by atoms with van der Waals surface area (Å²) in [6.07, 6.45) is 4.49. The lowest BCUT2D eigenvalue weighted by Gasteiger charge is -2.19. The van der Waals surface area contributed by atoms with Gasteiger partial charge >= 0.3 is 0 Å². The Kier molecular flexibility index (Phi) is 4.29. The summed E-state index contributed by atoms with van der Waals surface area (Å²) in [5.41, 5.74) is 1.59. The van der Waals surface area contributed by atoms with Crippen LogP contribution in [0.25, 0.3) is 22.4 Å². The Morgan fingerprint density at radius 1 is 1.23 bits per heavy atom. The Morgan fingerprint density at radius 3 is 2.81 bits per heavy atom. The fourth-order valence-corrected chi connectivity index (χ4v) is 3.29. The van der Waals surface area contributed by atoms with Gasteiger partial charge in [0.05, 0.1) is 23.8 Å². The standard InChI is InChI=1S/C18H22N6O2/c1-11(2)26-15-10-24(9-14(15)25)18-13-8-20-23(3)17(13)21-16(22-18)12-5-4-6-19-7-12/h4-8,11,14-15,25H,9-10H2,1-3H3/t14-,15-/m1/s1. The van der Waals surface area contributed by atoms with E-state index in [4.69, 9.17) is 9.72 Å². The molecule has 3 aromatic heterocycles. The van der Waals surface area contributed by atoms with E-state index >= 15 is 0 Å². The molecule has 4 heterocycles. The zero-order chi connectivity index (χ0) is 18.3. The van der Waals surface area contributed by atoms with Crippen molar-refractivity contribution in [3.05, 3.63) is 30.7 Å². The first-order valence-electron chi connectivity index (χ1n) is 8.71. The smallest absolute Gasteiger partial charge is 0.165 e. The van der Waals surface area contributed by atoms with Crippen LogP contribution in [0.3, 0.4) is 0 Å². The van der Waals surface area contributed by atoms with Crippen LogP contribution >= 0.6 is 0 Å². The number of aromatic nitrogens is 5. The highest BCUT2D eigenvalue weighted by Gasteiger charge is 2.34. The zero-order valence-corrected chi connectivity index (χ0v) is 15.1. The van der Waals surface area contributed by atoms with Crippen molar-refractivity contribution in [2.75, 3.05) is 18.0 Å². The number of hydrogen-bond acceptors (Lipinski definition) is 7. The van der Waals surface area contributed by atoms with Crippen LogP contribution in [0, 0.1) is 0 Å². The molecular weight excluding hydrogens is 332 g/mol. The van der Waals surface area contributed by atoms with Gasteiger partial charge in [0.1, 0.15) is 11.9 Å². The number of hydrogen-bond donors (Lipinski definition) is 1. The molecule has 8 heteroatoms. The molecule has 26 heavy (non-hydrogen) atoms. The van der Waals surface area contributed by atoms with Gasteiger partial charge in [-0.2, -0.15) is 5.10 Å². The molecule has 0 aromatic carbocycles. The van der Waals surface area contributed by atoms with Crippen molar-refractivity contribution in [2.45, 2.75) is 32.2 Å². The number of anilines is 1. The molecule has 1 aliphatic rings. The predicted molar refractivity (Wildman–Crippen MR) is 97.8 cm³/mol. The number of nitrogens with zero attached hydrogens (tertiary/aromatic N) is 6. The first kappa shape index (κ1) is 16.9. The van der Waals surface area contributed by atoms with Gasteiger partial charge in [-0.3, -0.25) is 9.67 Å². The molecule has 1 fully saturated rings. The summed E-state index contributed by atoms with van der Waals surface area (Å²) in [4.78, 5) is 15.6. The molecule has 0 radical (unpaired) electrons. The highest BCUT2D eigenvalue weighted by molar-refractivity contribution is 5.88. The van der Waals surface area contributed by atoms with Gasteiger partial charge in [-0.05, 0) is 26.0 Å². The molecule has 1 aliphatic heterocycles. The van der Waals surface area contributed by atoms with Gasteiger partial charge in [0, 0.05) is 38.1 Å². The molecule has 0 aliphatic carbocycles. The minimum Gasteiger partial charge on any atom is -0.388 e. The quantitative estimate of drug-likeness (QED) is 0.757. The molecule has 3 aromatic rings. The maximum Gasteiger partial charge on any atom is 0.165 e. The lowest BCUT2D eigenvalue weighted by atomic mass is 10.2. The summed E-state index contributed by atoms with van der Waals surface area (Å²) in [7, 11) is 1.86. The first-order valence-corrected chi connectivity index (χ1v) is 8.71. The summed E-state index contributed by atoms with van der Waals surface area (Å²) < 4.78 is 7.57. The Hall–Kier alpha value is -2.58. The summed E-state index contributed by atoms with van der Waals surface area (Å²) in [5, 5.41) is 15.6. The van der Waals surface area contributed by atoms with E-state index in [-0.39, 0.29) is 12.2 Å². The molecule has 136 valence electrons. The highest BCUT2D eigenvalue weighted by Crippen LogP contribution is 2.30. The summed E-state index contributed by atoms with van der Waals surface area (Å²) in [6, 6.07) is 3.79. The fraction of sp³-hybridized carbons (Fsp3) is 0.444. The third-order valence-corrected chi connectivity index (χ3v) is 4.48.